The van der Waals surface area contributed by atoms with Crippen molar-refractivity contribution < 1.29 is 14.3 Å². The number of carbonyl (C=O) groups is 1. The second kappa shape index (κ2) is 9.89. The molecule has 0 radical (unpaired) electrons. The highest BCUT2D eigenvalue weighted by Crippen LogP contribution is 2.36. The van der Waals surface area contributed by atoms with Crippen molar-refractivity contribution in [3.05, 3.63) is 64.9 Å². The van der Waals surface area contributed by atoms with E-state index in [1.54, 1.807) is 37.1 Å². The molecule has 0 amide bonds. The van der Waals surface area contributed by atoms with Crippen LogP contribution in [0.4, 0.5) is 0 Å². The highest BCUT2D eigenvalue weighted by Gasteiger charge is 2.31. The first kappa shape index (κ1) is 22.6. The van der Waals surface area contributed by atoms with Gasteiger partial charge >= 0.3 is 5.97 Å². The van der Waals surface area contributed by atoms with E-state index in [0.29, 0.717) is 28.7 Å². The second-order valence-corrected chi connectivity index (χ2v) is 9.76. The maximum Gasteiger partial charge on any atom is 0.338 e. The van der Waals surface area contributed by atoms with Crippen molar-refractivity contribution in [2.45, 2.75) is 30.0 Å². The van der Waals surface area contributed by atoms with Crippen LogP contribution in [0.15, 0.2) is 58.1 Å². The van der Waals surface area contributed by atoms with Crippen molar-refractivity contribution in [3.8, 4) is 5.75 Å². The molecule has 1 aliphatic rings. The zero-order valence-electron chi connectivity index (χ0n) is 17.9. The van der Waals surface area contributed by atoms with Gasteiger partial charge in [0, 0.05) is 17.0 Å². The number of para-hydroxylation sites is 1. The summed E-state index contributed by atoms with van der Waals surface area (Å²) in [6, 6.07) is 13.6. The summed E-state index contributed by atoms with van der Waals surface area (Å²) in [5.41, 5.74) is 4.15. The zero-order chi connectivity index (χ0) is 22.7. The van der Waals surface area contributed by atoms with Gasteiger partial charge in [-0.1, -0.05) is 30.0 Å². The van der Waals surface area contributed by atoms with E-state index in [0.717, 1.165) is 26.7 Å². The predicted molar refractivity (Wildman–Crippen MR) is 133 cm³/mol. The number of hydrogen-bond acceptors (Lipinski definition) is 7. The molecule has 0 fully saturated rings. The molecule has 2 N–H and O–H groups in total. The highest BCUT2D eigenvalue weighted by molar-refractivity contribution is 8.00. The summed E-state index contributed by atoms with van der Waals surface area (Å²) in [5, 5.41) is 6.71. The third-order valence-corrected chi connectivity index (χ3v) is 7.48. The number of thioether (sulfide) groups is 1. The summed E-state index contributed by atoms with van der Waals surface area (Å²) in [4.78, 5) is 17.4. The number of rotatable bonds is 7. The fourth-order valence-corrected chi connectivity index (χ4v) is 5.88. The topological polar surface area (TPSA) is 72.5 Å². The van der Waals surface area contributed by atoms with Crippen molar-refractivity contribution in [3.63, 3.8) is 0 Å². The van der Waals surface area contributed by atoms with Crippen LogP contribution >= 0.6 is 35.3 Å². The molecule has 166 valence electrons. The first-order chi connectivity index (χ1) is 15.5. The van der Waals surface area contributed by atoms with E-state index >= 15 is 0 Å². The smallest absolute Gasteiger partial charge is 0.338 e. The van der Waals surface area contributed by atoms with Gasteiger partial charge in [-0.3, -0.25) is 0 Å². The molecule has 3 aromatic rings. The van der Waals surface area contributed by atoms with Gasteiger partial charge in [-0.25, -0.2) is 9.78 Å². The molecule has 0 bridgehead atoms. The summed E-state index contributed by atoms with van der Waals surface area (Å²) in [6.45, 7) is 3.93. The molecule has 1 aromatic heterocycles. The van der Waals surface area contributed by atoms with Gasteiger partial charge in [-0.15, -0.1) is 11.3 Å². The number of esters is 1. The predicted octanol–water partition coefficient (Wildman–Crippen LogP) is 4.95. The van der Waals surface area contributed by atoms with E-state index in [1.807, 2.05) is 37.3 Å². The molecule has 9 heteroatoms. The number of nitrogens with one attached hydrogen (secondary N) is 2. The molecule has 4 rings (SSSR count). The Kier molecular flexibility index (Phi) is 6.98. The molecule has 2 aromatic carbocycles. The Morgan fingerprint density at radius 1 is 1.28 bits per heavy atom. The Labute approximate surface area is 200 Å². The number of methoxy groups -OCH3 is 1. The van der Waals surface area contributed by atoms with Gasteiger partial charge in [0.25, 0.3) is 0 Å². The van der Waals surface area contributed by atoms with Crippen LogP contribution < -0.4 is 15.4 Å². The van der Waals surface area contributed by atoms with E-state index in [9.17, 15) is 4.79 Å². The van der Waals surface area contributed by atoms with E-state index in [-0.39, 0.29) is 5.97 Å². The number of allylic oxidation sites excluding steroid dienone is 1. The van der Waals surface area contributed by atoms with Crippen molar-refractivity contribution in [2.75, 3.05) is 13.7 Å². The molecule has 0 spiro atoms. The quantitative estimate of drug-likeness (QED) is 0.277. The molecule has 0 aliphatic carbocycles. The lowest BCUT2D eigenvalue weighted by Gasteiger charge is -2.30. The Hall–Kier alpha value is -2.62. The number of hydrogen-bond donors (Lipinski definition) is 2. The number of benzene rings is 2. The van der Waals surface area contributed by atoms with Gasteiger partial charge in [0.15, 0.2) is 9.45 Å². The highest BCUT2D eigenvalue weighted by atomic mass is 32.2. The first-order valence-corrected chi connectivity index (χ1v) is 12.3. The van der Waals surface area contributed by atoms with Gasteiger partial charge in [0.2, 0.25) is 0 Å². The minimum atomic E-state index is -0.403. The SMILES string of the molecule is CCOC(=O)C1=C(C)NC(=S)N[C@H]1c1ccc(OC)c(CSc2nc3ccccc3s2)c1. The molecular weight excluding hydrogens is 462 g/mol. The number of aromatic nitrogens is 1. The zero-order valence-corrected chi connectivity index (χ0v) is 20.4. The Morgan fingerprint density at radius 2 is 2.09 bits per heavy atom. The van der Waals surface area contributed by atoms with E-state index < -0.39 is 6.04 Å². The van der Waals surface area contributed by atoms with Crippen LogP contribution in [0.2, 0.25) is 0 Å². The van der Waals surface area contributed by atoms with E-state index in [4.69, 9.17) is 26.7 Å². The van der Waals surface area contributed by atoms with Crippen molar-refractivity contribution in [1.29, 1.82) is 0 Å². The Morgan fingerprint density at radius 3 is 2.84 bits per heavy atom. The van der Waals surface area contributed by atoms with Crippen molar-refractivity contribution in [1.82, 2.24) is 15.6 Å². The van der Waals surface area contributed by atoms with Gasteiger partial charge < -0.3 is 20.1 Å². The molecule has 0 saturated heterocycles. The van der Waals surface area contributed by atoms with E-state index in [1.165, 1.54) is 4.70 Å². The minimum absolute atomic E-state index is 0.305. The molecule has 32 heavy (non-hydrogen) atoms. The summed E-state index contributed by atoms with van der Waals surface area (Å²) >= 11 is 8.69. The normalized spacial score (nSPS) is 16.0. The van der Waals surface area contributed by atoms with Crippen LogP contribution in [0.1, 0.15) is 31.0 Å². The van der Waals surface area contributed by atoms with Crippen molar-refractivity contribution >= 4 is 56.6 Å². The minimum Gasteiger partial charge on any atom is -0.496 e. The monoisotopic (exact) mass is 485 g/mol. The third-order valence-electron chi connectivity index (χ3n) is 5.03. The number of ether oxygens (including phenoxy) is 2. The fraction of sp³-hybridized carbons (Fsp3) is 0.261. The maximum absolute atomic E-state index is 12.7. The number of thiocarbonyl (C=S) groups is 1. The van der Waals surface area contributed by atoms with Crippen molar-refractivity contribution in [2.24, 2.45) is 0 Å². The molecule has 6 nitrogen and oxygen atoms in total. The molecule has 2 heterocycles. The molecule has 1 aliphatic heterocycles. The lowest BCUT2D eigenvalue weighted by molar-refractivity contribution is -0.139. The molecule has 0 saturated carbocycles. The summed E-state index contributed by atoms with van der Waals surface area (Å²) in [5.74, 6) is 1.11. The van der Waals surface area contributed by atoms with Gasteiger partial charge in [0.05, 0.1) is 35.5 Å². The molecule has 1 atom stereocenters. The maximum atomic E-state index is 12.7. The second-order valence-electron chi connectivity index (χ2n) is 7.10. The average Bonchev–Trinajstić information content (AvgIpc) is 3.20. The molecule has 0 unspecified atom stereocenters. The largest absolute Gasteiger partial charge is 0.496 e. The number of thiazole rings is 1. The lowest BCUT2D eigenvalue weighted by Crippen LogP contribution is -2.45. The van der Waals surface area contributed by atoms with Crippen LogP contribution in [-0.4, -0.2) is 29.8 Å². The number of nitrogens with zero attached hydrogens (tertiary/aromatic N) is 1. The Balaban J connectivity index is 1.63. The standard InChI is InChI=1S/C23H23N3O3S3/c1-4-29-21(27)19-13(2)24-22(30)26-20(19)14-9-10-17(28-3)15(11-14)12-31-23-25-16-7-5-6-8-18(16)32-23/h5-11,20H,4,12H2,1-3H3,(H2,24,26,30)/t20-/m0/s1. The van der Waals surface area contributed by atoms with Gasteiger partial charge in [0.1, 0.15) is 5.75 Å². The summed E-state index contributed by atoms with van der Waals surface area (Å²) in [6.07, 6.45) is 0. The fourth-order valence-electron chi connectivity index (χ4n) is 3.57. The van der Waals surface area contributed by atoms with Crippen LogP contribution in [0.5, 0.6) is 5.75 Å². The summed E-state index contributed by atoms with van der Waals surface area (Å²) < 4.78 is 13.1. The van der Waals surface area contributed by atoms with Crippen LogP contribution in [-0.2, 0) is 15.3 Å². The molecular formula is C23H23N3O3S3. The average molecular weight is 486 g/mol. The van der Waals surface area contributed by atoms with Crippen LogP contribution in [0.3, 0.4) is 0 Å². The van der Waals surface area contributed by atoms with Gasteiger partial charge in [-0.2, -0.15) is 0 Å². The van der Waals surface area contributed by atoms with E-state index in [2.05, 4.69) is 22.8 Å². The third kappa shape index (κ3) is 4.74. The summed E-state index contributed by atoms with van der Waals surface area (Å²) in [7, 11) is 1.66. The first-order valence-electron chi connectivity index (χ1n) is 10.1. The Bertz CT molecular complexity index is 1170. The van der Waals surface area contributed by atoms with Crippen LogP contribution in [0.25, 0.3) is 10.2 Å². The number of fused-ring (bicyclic) bond motifs is 1. The van der Waals surface area contributed by atoms with Crippen LogP contribution in [0, 0.1) is 0 Å². The lowest BCUT2D eigenvalue weighted by atomic mass is 9.94. The number of carbonyl (C=O) groups excluding carboxylic acids is 1. The van der Waals surface area contributed by atoms with Gasteiger partial charge in [-0.05, 0) is 55.9 Å².